The van der Waals surface area contributed by atoms with E-state index in [9.17, 15) is 17.6 Å². The number of hydrogen-bond acceptors (Lipinski definition) is 3. The maximum atomic E-state index is 13.5. The molecule has 1 aromatic rings. The van der Waals surface area contributed by atoms with Crippen molar-refractivity contribution in [2.45, 2.75) is 24.2 Å². The van der Waals surface area contributed by atoms with E-state index >= 15 is 0 Å². The molecule has 1 amide bonds. The first-order valence-electron chi connectivity index (χ1n) is 5.55. The second-order valence-corrected chi connectivity index (χ2v) is 7.09. The lowest BCUT2D eigenvalue weighted by atomic mass is 10.1. The molecule has 4 nitrogen and oxygen atoms in total. The van der Waals surface area contributed by atoms with E-state index in [1.807, 2.05) is 0 Å². The van der Waals surface area contributed by atoms with Crippen LogP contribution in [0.5, 0.6) is 0 Å². The van der Waals surface area contributed by atoms with Gasteiger partial charge >= 0.3 is 0 Å². The summed E-state index contributed by atoms with van der Waals surface area (Å²) >= 11 is 5.94. The molecule has 1 aromatic carbocycles. The first kappa shape index (κ1) is 14.6. The van der Waals surface area contributed by atoms with Crippen molar-refractivity contribution in [3.05, 3.63) is 23.0 Å². The van der Waals surface area contributed by atoms with Gasteiger partial charge in [0.15, 0.2) is 0 Å². The number of hydrogen-bond donors (Lipinski definition) is 0. The minimum atomic E-state index is -4.17. The van der Waals surface area contributed by atoms with Crippen molar-refractivity contribution in [1.29, 1.82) is 0 Å². The molecule has 0 bridgehead atoms. The highest BCUT2D eigenvalue weighted by Gasteiger charge is 2.26. The topological polar surface area (TPSA) is 54.5 Å². The van der Waals surface area contributed by atoms with E-state index in [4.69, 9.17) is 22.3 Å². The number of rotatable bonds is 2. The molecule has 1 fully saturated rings. The molecule has 0 saturated carbocycles. The fraction of sp³-hybridized carbons (Fsp3) is 0.364. The zero-order valence-corrected chi connectivity index (χ0v) is 12.0. The van der Waals surface area contributed by atoms with Gasteiger partial charge in [0.05, 0.1) is 10.7 Å². The van der Waals surface area contributed by atoms with Gasteiger partial charge in [-0.3, -0.25) is 4.79 Å². The van der Waals surface area contributed by atoms with Gasteiger partial charge < -0.3 is 4.90 Å². The minimum absolute atomic E-state index is 0.0468. The molecule has 1 aliphatic heterocycles. The molecule has 2 rings (SSSR count). The zero-order valence-electron chi connectivity index (χ0n) is 9.70. The minimum Gasteiger partial charge on any atom is -0.311 e. The Morgan fingerprint density at radius 1 is 1.26 bits per heavy atom. The highest BCUT2D eigenvalue weighted by atomic mass is 35.7. The van der Waals surface area contributed by atoms with Gasteiger partial charge in [0.25, 0.3) is 9.05 Å². The van der Waals surface area contributed by atoms with Crippen LogP contribution in [0.25, 0.3) is 0 Å². The van der Waals surface area contributed by atoms with Crippen molar-refractivity contribution in [3.8, 4) is 0 Å². The van der Waals surface area contributed by atoms with Crippen LogP contribution in [0, 0.1) is 5.82 Å². The number of carbonyl (C=O) groups excluding carboxylic acids is 1. The summed E-state index contributed by atoms with van der Waals surface area (Å²) < 4.78 is 36.2. The summed E-state index contributed by atoms with van der Waals surface area (Å²) in [5.74, 6) is -1.02. The molecule has 0 radical (unpaired) electrons. The zero-order chi connectivity index (χ0) is 14.2. The second-order valence-electron chi connectivity index (χ2n) is 4.18. The van der Waals surface area contributed by atoms with E-state index in [1.165, 1.54) is 4.90 Å². The third-order valence-electron chi connectivity index (χ3n) is 2.86. The molecule has 0 aromatic heterocycles. The van der Waals surface area contributed by atoms with Gasteiger partial charge in [0.2, 0.25) is 5.91 Å². The molecule has 0 aliphatic carbocycles. The summed E-state index contributed by atoms with van der Waals surface area (Å²) in [5.41, 5.74) is 0.0468. The molecule has 1 saturated heterocycles. The quantitative estimate of drug-likeness (QED) is 0.785. The lowest BCUT2D eigenvalue weighted by Gasteiger charge is -2.28. The van der Waals surface area contributed by atoms with Gasteiger partial charge in [0.1, 0.15) is 10.7 Å². The number of halogens is 3. The molecule has 0 spiro atoms. The van der Waals surface area contributed by atoms with Crippen LogP contribution in [-0.2, 0) is 13.8 Å². The van der Waals surface area contributed by atoms with Crippen LogP contribution in [0.4, 0.5) is 10.1 Å². The summed E-state index contributed by atoms with van der Waals surface area (Å²) in [4.78, 5) is 12.5. The maximum Gasteiger partial charge on any atom is 0.262 e. The van der Waals surface area contributed by atoms with Crippen LogP contribution in [0.2, 0.25) is 5.02 Å². The van der Waals surface area contributed by atoms with Crippen LogP contribution < -0.4 is 4.90 Å². The molecule has 1 heterocycles. The normalized spacial score (nSPS) is 16.8. The van der Waals surface area contributed by atoms with Crippen molar-refractivity contribution in [3.63, 3.8) is 0 Å². The van der Waals surface area contributed by atoms with Crippen LogP contribution in [0.15, 0.2) is 17.0 Å². The molecular formula is C11H10Cl2FNO3S. The van der Waals surface area contributed by atoms with E-state index in [1.54, 1.807) is 0 Å². The molecule has 0 atom stereocenters. The van der Waals surface area contributed by atoms with Gasteiger partial charge in [-0.15, -0.1) is 0 Å². The number of amides is 1. The monoisotopic (exact) mass is 325 g/mol. The predicted molar refractivity (Wildman–Crippen MR) is 70.7 cm³/mol. The SMILES string of the molecule is O=C1CCCCN1c1cc(F)cc(S(=O)(=O)Cl)c1Cl. The molecule has 0 unspecified atom stereocenters. The first-order valence-corrected chi connectivity index (χ1v) is 8.23. The average molecular weight is 326 g/mol. The smallest absolute Gasteiger partial charge is 0.262 e. The second kappa shape index (κ2) is 5.26. The van der Waals surface area contributed by atoms with E-state index < -0.39 is 19.8 Å². The average Bonchev–Trinajstić information content (AvgIpc) is 2.31. The Kier molecular flexibility index (Phi) is 4.03. The number of nitrogens with zero attached hydrogens (tertiary/aromatic N) is 1. The van der Waals surface area contributed by atoms with E-state index in [-0.39, 0.29) is 16.6 Å². The standard InChI is InChI=1S/C11H10Cl2FNO3S/c12-11-8(15-4-2-1-3-10(15)16)5-7(14)6-9(11)19(13,17)18/h5-6H,1-4H2. The molecule has 0 N–H and O–H groups in total. The van der Waals surface area contributed by atoms with Gasteiger partial charge in [-0.2, -0.15) is 0 Å². The van der Waals surface area contributed by atoms with Crippen molar-refractivity contribution in [1.82, 2.24) is 0 Å². The number of anilines is 1. The fourth-order valence-corrected chi connectivity index (χ4v) is 3.56. The van der Waals surface area contributed by atoms with Crippen molar-refractivity contribution < 1.29 is 17.6 Å². The highest BCUT2D eigenvalue weighted by Crippen LogP contribution is 2.36. The van der Waals surface area contributed by atoms with E-state index in [0.29, 0.717) is 13.0 Å². The van der Waals surface area contributed by atoms with Crippen LogP contribution in [0.1, 0.15) is 19.3 Å². The molecule has 19 heavy (non-hydrogen) atoms. The lowest BCUT2D eigenvalue weighted by Crippen LogP contribution is -2.35. The maximum absolute atomic E-state index is 13.5. The van der Waals surface area contributed by atoms with E-state index in [0.717, 1.165) is 25.0 Å². The molecular weight excluding hydrogens is 316 g/mol. The summed E-state index contributed by atoms with van der Waals surface area (Å²) in [7, 11) is 1.03. The third kappa shape index (κ3) is 3.01. The third-order valence-corrected chi connectivity index (χ3v) is 4.72. The van der Waals surface area contributed by atoms with Gasteiger partial charge in [-0.1, -0.05) is 11.6 Å². The Hall–Kier alpha value is -0.850. The predicted octanol–water partition coefficient (Wildman–Crippen LogP) is 2.92. The first-order chi connectivity index (χ1) is 8.80. The Morgan fingerprint density at radius 2 is 1.95 bits per heavy atom. The van der Waals surface area contributed by atoms with Gasteiger partial charge in [0, 0.05) is 23.6 Å². The van der Waals surface area contributed by atoms with E-state index in [2.05, 4.69) is 0 Å². The molecule has 104 valence electrons. The number of benzene rings is 1. The molecule has 8 heteroatoms. The van der Waals surface area contributed by atoms with Crippen molar-refractivity contribution >= 4 is 42.9 Å². The number of piperidine rings is 1. The summed E-state index contributed by atoms with van der Waals surface area (Å²) in [6.45, 7) is 0.379. The largest absolute Gasteiger partial charge is 0.311 e. The van der Waals surface area contributed by atoms with Crippen molar-refractivity contribution in [2.24, 2.45) is 0 Å². The van der Waals surface area contributed by atoms with Crippen LogP contribution in [-0.4, -0.2) is 20.9 Å². The summed E-state index contributed by atoms with van der Waals surface area (Å²) in [6.07, 6.45) is 1.83. The van der Waals surface area contributed by atoms with Gasteiger partial charge in [-0.25, -0.2) is 12.8 Å². The van der Waals surface area contributed by atoms with Crippen LogP contribution >= 0.6 is 22.3 Å². The molecule has 1 aliphatic rings. The van der Waals surface area contributed by atoms with Crippen molar-refractivity contribution in [2.75, 3.05) is 11.4 Å². The Morgan fingerprint density at radius 3 is 2.53 bits per heavy atom. The number of carbonyl (C=O) groups is 1. The Labute approximate surface area is 119 Å². The highest BCUT2D eigenvalue weighted by molar-refractivity contribution is 8.13. The van der Waals surface area contributed by atoms with Gasteiger partial charge in [-0.05, 0) is 25.0 Å². The Bertz CT molecular complexity index is 633. The fourth-order valence-electron chi connectivity index (χ4n) is 1.98. The summed E-state index contributed by atoms with van der Waals surface area (Å²) in [6, 6.07) is 1.78. The van der Waals surface area contributed by atoms with Crippen LogP contribution in [0.3, 0.4) is 0 Å². The lowest BCUT2D eigenvalue weighted by molar-refractivity contribution is -0.119. The summed E-state index contributed by atoms with van der Waals surface area (Å²) in [5, 5.41) is -0.230. The Balaban J connectivity index is 2.58.